The second-order valence-electron chi connectivity index (χ2n) is 4.39. The Kier molecular flexibility index (Phi) is 6.69. The van der Waals surface area contributed by atoms with E-state index in [4.69, 9.17) is 4.74 Å². The summed E-state index contributed by atoms with van der Waals surface area (Å²) in [7, 11) is 0. The molecule has 0 fully saturated rings. The number of ether oxygens (including phenoxy) is 1. The lowest BCUT2D eigenvalue weighted by Gasteiger charge is -2.23. The first-order chi connectivity index (χ1) is 7.43. The molecule has 0 aromatic rings. The van der Waals surface area contributed by atoms with Crippen LogP contribution in [0.2, 0.25) is 0 Å². The maximum absolute atomic E-state index is 11.4. The molecular weight excluding hydrogens is 210 g/mol. The Labute approximate surface area is 96.3 Å². The van der Waals surface area contributed by atoms with Crippen LogP contribution in [0, 0.1) is 15.5 Å². The van der Waals surface area contributed by atoms with Crippen molar-refractivity contribution in [3.63, 3.8) is 0 Å². The highest BCUT2D eigenvalue weighted by molar-refractivity contribution is 5.70. The molecular formula is C11H21NO4. The third kappa shape index (κ3) is 6.37. The van der Waals surface area contributed by atoms with Crippen LogP contribution in [0.4, 0.5) is 0 Å². The lowest BCUT2D eigenvalue weighted by molar-refractivity contribution is -0.496. The Hall–Kier alpha value is -1.13. The van der Waals surface area contributed by atoms with Gasteiger partial charge in [0, 0.05) is 10.3 Å². The van der Waals surface area contributed by atoms with Crippen LogP contribution >= 0.6 is 0 Å². The number of rotatable bonds is 8. The van der Waals surface area contributed by atoms with Crippen LogP contribution in [-0.2, 0) is 9.53 Å². The van der Waals surface area contributed by atoms with Gasteiger partial charge >= 0.3 is 5.97 Å². The van der Waals surface area contributed by atoms with Gasteiger partial charge in [0.25, 0.3) is 0 Å². The maximum atomic E-state index is 11.4. The second-order valence-corrected chi connectivity index (χ2v) is 4.39. The number of carbonyl (C=O) groups excluding carboxylic acids is 1. The van der Waals surface area contributed by atoms with Gasteiger partial charge in [0.15, 0.2) is 0 Å². The summed E-state index contributed by atoms with van der Waals surface area (Å²) >= 11 is 0. The summed E-state index contributed by atoms with van der Waals surface area (Å²) in [4.78, 5) is 21.6. The summed E-state index contributed by atoms with van der Waals surface area (Å²) in [6, 6.07) is 0. The van der Waals surface area contributed by atoms with Crippen LogP contribution in [0.5, 0.6) is 0 Å². The van der Waals surface area contributed by atoms with Crippen molar-refractivity contribution >= 4 is 5.97 Å². The van der Waals surface area contributed by atoms with Crippen LogP contribution in [0.1, 0.15) is 46.5 Å². The molecule has 0 aromatic carbocycles. The molecule has 0 saturated carbocycles. The molecule has 0 saturated heterocycles. The van der Waals surface area contributed by atoms with E-state index in [9.17, 15) is 14.9 Å². The predicted octanol–water partition coefficient (Wildman–Crippen LogP) is 2.41. The van der Waals surface area contributed by atoms with E-state index in [-0.39, 0.29) is 23.9 Å². The molecule has 94 valence electrons. The van der Waals surface area contributed by atoms with Crippen molar-refractivity contribution in [2.45, 2.75) is 46.5 Å². The Balaban J connectivity index is 4.39. The molecule has 0 amide bonds. The number of nitro groups is 1. The van der Waals surface area contributed by atoms with E-state index < -0.39 is 5.41 Å². The fourth-order valence-electron chi connectivity index (χ4n) is 1.70. The zero-order valence-corrected chi connectivity index (χ0v) is 10.3. The molecule has 0 radical (unpaired) electrons. The van der Waals surface area contributed by atoms with Crippen molar-refractivity contribution in [1.82, 2.24) is 0 Å². The molecule has 0 aliphatic rings. The third-order valence-corrected chi connectivity index (χ3v) is 2.52. The zero-order valence-electron chi connectivity index (χ0n) is 10.3. The van der Waals surface area contributed by atoms with Gasteiger partial charge in [0.2, 0.25) is 6.54 Å². The number of hydrogen-bond donors (Lipinski definition) is 0. The molecule has 0 rings (SSSR count). The monoisotopic (exact) mass is 231 g/mol. The first kappa shape index (κ1) is 14.9. The molecule has 1 atom stereocenters. The van der Waals surface area contributed by atoms with Gasteiger partial charge in [-0.2, -0.15) is 0 Å². The molecule has 1 unspecified atom stereocenters. The minimum absolute atomic E-state index is 0.127. The quantitative estimate of drug-likeness (QED) is 0.365. The molecule has 0 aromatic heterocycles. The van der Waals surface area contributed by atoms with Crippen molar-refractivity contribution in [3.8, 4) is 0 Å². The second kappa shape index (κ2) is 7.19. The van der Waals surface area contributed by atoms with Gasteiger partial charge in [0.1, 0.15) is 0 Å². The van der Waals surface area contributed by atoms with Crippen LogP contribution in [0.25, 0.3) is 0 Å². The van der Waals surface area contributed by atoms with E-state index in [0.717, 1.165) is 12.8 Å². The standard InChI is InChI=1S/C11H21NO4/c1-4-6-7-11(3,9-12(14)15)8-10(13)16-5-2/h4-9H2,1-3H3. The smallest absolute Gasteiger partial charge is 0.306 e. The van der Waals surface area contributed by atoms with Gasteiger partial charge < -0.3 is 4.74 Å². The largest absolute Gasteiger partial charge is 0.466 e. The van der Waals surface area contributed by atoms with Crippen LogP contribution in [0.15, 0.2) is 0 Å². The average molecular weight is 231 g/mol. The number of unbranched alkanes of at least 4 members (excludes halogenated alkanes) is 1. The Morgan fingerprint density at radius 2 is 2.06 bits per heavy atom. The van der Waals surface area contributed by atoms with E-state index in [2.05, 4.69) is 0 Å². The normalized spacial score (nSPS) is 14.2. The summed E-state index contributed by atoms with van der Waals surface area (Å²) in [5.74, 6) is -0.344. The molecule has 5 heteroatoms. The highest BCUT2D eigenvalue weighted by Gasteiger charge is 2.33. The Morgan fingerprint density at radius 1 is 1.44 bits per heavy atom. The van der Waals surface area contributed by atoms with Crippen LogP contribution in [-0.4, -0.2) is 24.0 Å². The first-order valence-corrected chi connectivity index (χ1v) is 5.71. The Morgan fingerprint density at radius 3 is 2.50 bits per heavy atom. The number of nitrogens with zero attached hydrogens (tertiary/aromatic N) is 1. The van der Waals surface area contributed by atoms with Gasteiger partial charge in [0.05, 0.1) is 13.0 Å². The summed E-state index contributed by atoms with van der Waals surface area (Å²) < 4.78 is 4.84. The molecule has 5 nitrogen and oxygen atoms in total. The molecule has 0 N–H and O–H groups in total. The molecule has 0 aliphatic carbocycles. The SMILES string of the molecule is CCCCC(C)(CC(=O)OCC)C[N+](=O)[O-]. The van der Waals surface area contributed by atoms with E-state index in [0.29, 0.717) is 13.0 Å². The van der Waals surface area contributed by atoms with Crippen molar-refractivity contribution < 1.29 is 14.5 Å². The number of carbonyl (C=O) groups is 1. The van der Waals surface area contributed by atoms with Crippen molar-refractivity contribution in [3.05, 3.63) is 10.1 Å². The minimum Gasteiger partial charge on any atom is -0.466 e. The average Bonchev–Trinajstić information content (AvgIpc) is 2.13. The fourth-order valence-corrected chi connectivity index (χ4v) is 1.70. The van der Waals surface area contributed by atoms with Crippen LogP contribution in [0.3, 0.4) is 0 Å². The predicted molar refractivity (Wildman–Crippen MR) is 60.7 cm³/mol. The minimum atomic E-state index is -0.578. The van der Waals surface area contributed by atoms with Crippen molar-refractivity contribution in [1.29, 1.82) is 0 Å². The van der Waals surface area contributed by atoms with Gasteiger partial charge in [-0.1, -0.05) is 26.7 Å². The van der Waals surface area contributed by atoms with Gasteiger partial charge in [-0.25, -0.2) is 0 Å². The maximum Gasteiger partial charge on any atom is 0.306 e. The van der Waals surface area contributed by atoms with Gasteiger partial charge in [-0.3, -0.25) is 14.9 Å². The summed E-state index contributed by atoms with van der Waals surface area (Å²) in [6.07, 6.45) is 2.67. The highest BCUT2D eigenvalue weighted by atomic mass is 16.6. The van der Waals surface area contributed by atoms with Crippen molar-refractivity contribution in [2.24, 2.45) is 5.41 Å². The van der Waals surface area contributed by atoms with E-state index >= 15 is 0 Å². The lowest BCUT2D eigenvalue weighted by Crippen LogP contribution is -2.30. The van der Waals surface area contributed by atoms with Crippen molar-refractivity contribution in [2.75, 3.05) is 13.2 Å². The number of esters is 1. The highest BCUT2D eigenvalue weighted by Crippen LogP contribution is 2.29. The summed E-state index contributed by atoms with van der Waals surface area (Å²) in [5, 5.41) is 10.6. The fraction of sp³-hybridized carbons (Fsp3) is 0.909. The molecule has 16 heavy (non-hydrogen) atoms. The van der Waals surface area contributed by atoms with Gasteiger partial charge in [-0.15, -0.1) is 0 Å². The summed E-state index contributed by atoms with van der Waals surface area (Å²) in [5.41, 5.74) is -0.578. The summed E-state index contributed by atoms with van der Waals surface area (Å²) in [6.45, 7) is 5.68. The Bertz CT molecular complexity index is 242. The molecule has 0 spiro atoms. The van der Waals surface area contributed by atoms with Crippen LogP contribution < -0.4 is 0 Å². The van der Waals surface area contributed by atoms with E-state index in [1.807, 2.05) is 6.92 Å². The third-order valence-electron chi connectivity index (χ3n) is 2.52. The van der Waals surface area contributed by atoms with Gasteiger partial charge in [-0.05, 0) is 13.3 Å². The lowest BCUT2D eigenvalue weighted by atomic mass is 9.82. The zero-order chi connectivity index (χ0) is 12.6. The van der Waals surface area contributed by atoms with E-state index in [1.54, 1.807) is 13.8 Å². The first-order valence-electron chi connectivity index (χ1n) is 5.71. The number of hydrogen-bond acceptors (Lipinski definition) is 4. The van der Waals surface area contributed by atoms with E-state index in [1.165, 1.54) is 0 Å². The molecule has 0 aliphatic heterocycles. The topological polar surface area (TPSA) is 69.4 Å². The molecule has 0 heterocycles. The molecule has 0 bridgehead atoms.